The third-order valence-electron chi connectivity index (χ3n) is 6.48. The molecule has 0 radical (unpaired) electrons. The number of benzene rings is 2. The highest BCUT2D eigenvalue weighted by molar-refractivity contribution is 7.91. The van der Waals surface area contributed by atoms with Gasteiger partial charge in [0, 0.05) is 43.8 Å². The Morgan fingerprint density at radius 1 is 1.18 bits per heavy atom. The molecule has 0 saturated carbocycles. The number of alkyl halides is 3. The van der Waals surface area contributed by atoms with E-state index in [0.717, 1.165) is 11.0 Å². The molecule has 1 atom stereocenters. The summed E-state index contributed by atoms with van der Waals surface area (Å²) in [6, 6.07) is 7.50. The highest BCUT2D eigenvalue weighted by atomic mass is 35.5. The lowest BCUT2D eigenvalue weighted by Crippen LogP contribution is -2.32. The van der Waals surface area contributed by atoms with Crippen LogP contribution in [0.1, 0.15) is 40.4 Å². The van der Waals surface area contributed by atoms with Gasteiger partial charge in [-0.2, -0.15) is 13.2 Å². The zero-order valence-corrected chi connectivity index (χ0v) is 22.5. The lowest BCUT2D eigenvalue weighted by atomic mass is 10.0. The molecule has 0 unspecified atom stereocenters. The number of likely N-dealkylation sites (tertiary alicyclic amines) is 1. The van der Waals surface area contributed by atoms with E-state index in [1.165, 1.54) is 44.3 Å². The van der Waals surface area contributed by atoms with Crippen molar-refractivity contribution in [1.29, 1.82) is 0 Å². The zero-order valence-electron chi connectivity index (χ0n) is 20.9. The smallest absolute Gasteiger partial charge is 0.416 e. The number of nitrogens with one attached hydrogen (secondary N) is 1. The van der Waals surface area contributed by atoms with E-state index in [1.807, 2.05) is 4.90 Å². The van der Waals surface area contributed by atoms with Crippen LogP contribution in [0.25, 0.3) is 0 Å². The van der Waals surface area contributed by atoms with Crippen LogP contribution in [0.2, 0.25) is 5.02 Å². The maximum absolute atomic E-state index is 13.9. The average Bonchev–Trinajstić information content (AvgIpc) is 3.28. The monoisotopic (exact) mass is 575 g/mol. The number of carbonyl (C=O) groups excluding carboxylic acids is 1. The van der Waals surface area contributed by atoms with Crippen LogP contribution in [-0.2, 0) is 29.1 Å². The van der Waals surface area contributed by atoms with Crippen molar-refractivity contribution in [3.05, 3.63) is 63.7 Å². The topological polar surface area (TPSA) is 107 Å². The van der Waals surface area contributed by atoms with Crippen LogP contribution in [0.4, 0.5) is 18.0 Å². The second-order valence-corrected chi connectivity index (χ2v) is 11.9. The number of carboxylic acid groups (broad SMARTS) is 1. The second-order valence-electron chi connectivity index (χ2n) is 9.26. The molecule has 3 rings (SSSR count). The molecule has 8 nitrogen and oxygen atoms in total. The molecule has 0 spiro atoms. The standard InChI is InChI=1S/C25H29ClF3N3O5S/c1-3-38(36,37)22-7-6-20(26)10-19(22)12-30-23(33)17-4-5-18(21(11-17)25(27,28)29)15-32-9-8-16(14-32)13-31(2)24(34)35/h4-7,10-11,16H,3,8-9,12-15H2,1-2H3,(H,30,33)(H,34,35)/t16-/m0/s1. The van der Waals surface area contributed by atoms with E-state index in [4.69, 9.17) is 16.7 Å². The molecule has 13 heteroatoms. The van der Waals surface area contributed by atoms with E-state index in [1.54, 1.807) is 0 Å². The van der Waals surface area contributed by atoms with Gasteiger partial charge in [-0.05, 0) is 60.3 Å². The molecule has 0 aliphatic carbocycles. The predicted molar refractivity (Wildman–Crippen MR) is 136 cm³/mol. The van der Waals surface area contributed by atoms with Crippen molar-refractivity contribution in [1.82, 2.24) is 15.1 Å². The summed E-state index contributed by atoms with van der Waals surface area (Å²) in [5, 5.41) is 11.8. The molecular formula is C25H29ClF3N3O5S. The van der Waals surface area contributed by atoms with Gasteiger partial charge in [0.15, 0.2) is 9.84 Å². The first-order valence-corrected chi connectivity index (χ1v) is 13.9. The van der Waals surface area contributed by atoms with E-state index < -0.39 is 33.6 Å². The van der Waals surface area contributed by atoms with Crippen LogP contribution in [0.5, 0.6) is 0 Å². The first-order chi connectivity index (χ1) is 17.7. The van der Waals surface area contributed by atoms with E-state index in [-0.39, 0.29) is 51.4 Å². The van der Waals surface area contributed by atoms with Crippen molar-refractivity contribution >= 4 is 33.4 Å². The minimum absolute atomic E-state index is 0.00474. The minimum atomic E-state index is -4.70. The first-order valence-electron chi connectivity index (χ1n) is 11.9. The predicted octanol–water partition coefficient (Wildman–Crippen LogP) is 4.51. The molecule has 1 fully saturated rings. The third-order valence-corrected chi connectivity index (χ3v) is 8.54. The summed E-state index contributed by atoms with van der Waals surface area (Å²) in [6.07, 6.45) is -5.10. The van der Waals surface area contributed by atoms with E-state index in [2.05, 4.69) is 5.32 Å². The van der Waals surface area contributed by atoms with Crippen LogP contribution in [0, 0.1) is 5.92 Å². The number of amides is 2. The Labute approximate surface area is 224 Å². The van der Waals surface area contributed by atoms with Gasteiger partial charge in [-0.3, -0.25) is 9.69 Å². The van der Waals surface area contributed by atoms with Crippen LogP contribution >= 0.6 is 11.6 Å². The van der Waals surface area contributed by atoms with Crippen molar-refractivity contribution in [3.8, 4) is 0 Å². The quantitative estimate of drug-likeness (QED) is 0.455. The summed E-state index contributed by atoms with van der Waals surface area (Å²) in [5.74, 6) is -0.941. The highest BCUT2D eigenvalue weighted by Crippen LogP contribution is 2.34. The van der Waals surface area contributed by atoms with Crippen molar-refractivity contribution < 1.29 is 36.3 Å². The number of sulfone groups is 1. The number of rotatable bonds is 9. The summed E-state index contributed by atoms with van der Waals surface area (Å²) < 4.78 is 66.5. The molecule has 2 N–H and O–H groups in total. The molecule has 1 aliphatic rings. The van der Waals surface area contributed by atoms with Gasteiger partial charge < -0.3 is 15.3 Å². The van der Waals surface area contributed by atoms with E-state index >= 15 is 0 Å². The SMILES string of the molecule is CCS(=O)(=O)c1ccc(Cl)cc1CNC(=O)c1ccc(CN2CC[C@@H](CN(C)C(=O)O)C2)c(C(F)(F)F)c1. The van der Waals surface area contributed by atoms with Crippen molar-refractivity contribution in [2.75, 3.05) is 32.4 Å². The van der Waals surface area contributed by atoms with Gasteiger partial charge in [0.2, 0.25) is 0 Å². The highest BCUT2D eigenvalue weighted by Gasteiger charge is 2.35. The summed E-state index contributed by atoms with van der Waals surface area (Å²) in [6.45, 7) is 2.52. The van der Waals surface area contributed by atoms with Gasteiger partial charge in [-0.25, -0.2) is 13.2 Å². The van der Waals surface area contributed by atoms with Crippen molar-refractivity contribution in [2.24, 2.45) is 5.92 Å². The number of nitrogens with zero attached hydrogens (tertiary/aromatic N) is 2. The summed E-state index contributed by atoms with van der Waals surface area (Å²) >= 11 is 5.98. The summed E-state index contributed by atoms with van der Waals surface area (Å²) in [4.78, 5) is 26.8. The molecule has 208 valence electrons. The minimum Gasteiger partial charge on any atom is -0.465 e. The van der Waals surface area contributed by atoms with Crippen LogP contribution in [-0.4, -0.2) is 67.8 Å². The molecule has 1 aliphatic heterocycles. The van der Waals surface area contributed by atoms with Crippen molar-refractivity contribution in [3.63, 3.8) is 0 Å². The van der Waals surface area contributed by atoms with Crippen LogP contribution in [0.15, 0.2) is 41.3 Å². The number of halogens is 4. The largest absolute Gasteiger partial charge is 0.465 e. The molecule has 0 aromatic heterocycles. The lowest BCUT2D eigenvalue weighted by Gasteiger charge is -2.21. The van der Waals surface area contributed by atoms with Gasteiger partial charge in [0.1, 0.15) is 0 Å². The van der Waals surface area contributed by atoms with Gasteiger partial charge >= 0.3 is 12.3 Å². The molecule has 0 bridgehead atoms. The van der Waals surface area contributed by atoms with Gasteiger partial charge in [-0.15, -0.1) is 0 Å². The molecular weight excluding hydrogens is 547 g/mol. The Morgan fingerprint density at radius 3 is 2.53 bits per heavy atom. The summed E-state index contributed by atoms with van der Waals surface area (Å²) in [7, 11) is -2.16. The van der Waals surface area contributed by atoms with E-state index in [0.29, 0.717) is 26.1 Å². The Hall–Kier alpha value is -2.83. The molecule has 2 aromatic rings. The molecule has 38 heavy (non-hydrogen) atoms. The Balaban J connectivity index is 1.75. The maximum atomic E-state index is 13.9. The average molecular weight is 576 g/mol. The Kier molecular flexibility index (Phi) is 9.32. The van der Waals surface area contributed by atoms with Gasteiger partial charge in [0.25, 0.3) is 5.91 Å². The van der Waals surface area contributed by atoms with Gasteiger partial charge in [0.05, 0.1) is 16.2 Å². The van der Waals surface area contributed by atoms with Crippen molar-refractivity contribution in [2.45, 2.75) is 37.5 Å². The third kappa shape index (κ3) is 7.39. The molecule has 1 saturated heterocycles. The molecule has 1 heterocycles. The number of hydrogen-bond acceptors (Lipinski definition) is 5. The molecule has 2 amide bonds. The summed E-state index contributed by atoms with van der Waals surface area (Å²) in [5.41, 5.74) is -0.913. The second kappa shape index (κ2) is 11.9. The Morgan fingerprint density at radius 2 is 1.89 bits per heavy atom. The number of hydrogen-bond donors (Lipinski definition) is 2. The number of carbonyl (C=O) groups is 2. The molecule has 2 aromatic carbocycles. The van der Waals surface area contributed by atoms with Gasteiger partial charge in [-0.1, -0.05) is 24.6 Å². The van der Waals surface area contributed by atoms with Crippen LogP contribution in [0.3, 0.4) is 0 Å². The zero-order chi connectivity index (χ0) is 28.3. The van der Waals surface area contributed by atoms with Crippen LogP contribution < -0.4 is 5.32 Å². The fraction of sp³-hybridized carbons (Fsp3) is 0.440. The first kappa shape index (κ1) is 29.7. The fourth-order valence-corrected chi connectivity index (χ4v) is 5.77. The Bertz CT molecular complexity index is 1300. The maximum Gasteiger partial charge on any atom is 0.416 e. The lowest BCUT2D eigenvalue weighted by molar-refractivity contribution is -0.138. The van der Waals surface area contributed by atoms with E-state index in [9.17, 15) is 31.2 Å². The fourth-order valence-electron chi connectivity index (χ4n) is 4.45. The normalized spacial score (nSPS) is 16.4.